The summed E-state index contributed by atoms with van der Waals surface area (Å²) in [5.41, 5.74) is 1.95. The molecule has 80 valence electrons. The highest BCUT2D eigenvalue weighted by atomic mass is 19.2. The molecular weight excluding hydrogens is 209 g/mol. The molecule has 0 aliphatic rings. The Morgan fingerprint density at radius 1 is 1.12 bits per heavy atom. The minimum Gasteiger partial charge on any atom is -0.267 e. The van der Waals surface area contributed by atoms with Crippen molar-refractivity contribution < 1.29 is 9.28 Å². The van der Waals surface area contributed by atoms with Gasteiger partial charge in [0.1, 0.15) is 0 Å². The van der Waals surface area contributed by atoms with E-state index in [1.54, 1.807) is 0 Å². The van der Waals surface area contributed by atoms with Crippen molar-refractivity contribution in [2.45, 2.75) is 0 Å². The number of nitrogens with zero attached hydrogens (tertiary/aromatic N) is 2. The summed E-state index contributed by atoms with van der Waals surface area (Å²) in [5, 5.41) is 0. The van der Waals surface area contributed by atoms with Crippen molar-refractivity contribution in [2.24, 2.45) is 0 Å². The molecule has 0 spiro atoms. The number of carbonyl (C=O) groups excluding carboxylic acids is 1. The zero-order valence-corrected chi connectivity index (χ0v) is 8.22. The zero-order chi connectivity index (χ0) is 11.4. The van der Waals surface area contributed by atoms with Crippen LogP contribution in [0.2, 0.25) is 0 Å². The van der Waals surface area contributed by atoms with E-state index in [-0.39, 0.29) is 5.56 Å². The minimum absolute atomic E-state index is 0.0854. The fourth-order valence-corrected chi connectivity index (χ4v) is 1.24. The number of carbonyl (C=O) groups is 1. The van der Waals surface area contributed by atoms with Gasteiger partial charge in [-0.15, -0.1) is 0 Å². The Morgan fingerprint density at radius 3 is 2.31 bits per heavy atom. The van der Waals surface area contributed by atoms with Gasteiger partial charge in [-0.3, -0.25) is 4.79 Å². The number of amides is 1. The smallest absolute Gasteiger partial charge is 0.267 e. The van der Waals surface area contributed by atoms with Crippen LogP contribution in [-0.4, -0.2) is 15.9 Å². The van der Waals surface area contributed by atoms with Crippen molar-refractivity contribution in [1.82, 2.24) is 15.5 Å². The lowest BCUT2D eigenvalue weighted by Gasteiger charge is -2.00. The first-order valence-electron chi connectivity index (χ1n) is 4.59. The van der Waals surface area contributed by atoms with Crippen LogP contribution in [0.4, 0.5) is 4.48 Å². The van der Waals surface area contributed by atoms with Crippen LogP contribution in [0.1, 0.15) is 10.4 Å². The van der Waals surface area contributed by atoms with E-state index in [0.29, 0.717) is 5.82 Å². The third-order valence-corrected chi connectivity index (χ3v) is 2.03. The topological polar surface area (TPSA) is 54.9 Å². The number of hydrogen-bond acceptors (Lipinski definition) is 3. The van der Waals surface area contributed by atoms with E-state index in [2.05, 4.69) is 9.97 Å². The SMILES string of the molecule is O=C(NF)c1cnc(-c2ccccc2)nc1. The molecule has 0 bridgehead atoms. The summed E-state index contributed by atoms with van der Waals surface area (Å²) >= 11 is 0. The standard InChI is InChI=1S/C11H8FN3O/c12-15-11(16)9-6-13-10(14-7-9)8-4-2-1-3-5-8/h1-7H,(H,15,16). The Bertz CT molecular complexity index is 484. The van der Waals surface area contributed by atoms with Gasteiger partial charge in [0.2, 0.25) is 0 Å². The average molecular weight is 217 g/mol. The maximum Gasteiger partial charge on any atom is 0.282 e. The lowest BCUT2D eigenvalue weighted by molar-refractivity contribution is 0.0859. The number of aromatic nitrogens is 2. The number of hydrogen-bond donors (Lipinski definition) is 1. The van der Waals surface area contributed by atoms with Crippen molar-refractivity contribution >= 4 is 5.91 Å². The van der Waals surface area contributed by atoms with Gasteiger partial charge in [0, 0.05) is 18.0 Å². The fraction of sp³-hybridized carbons (Fsp3) is 0. The van der Waals surface area contributed by atoms with Crippen LogP contribution in [-0.2, 0) is 0 Å². The highest BCUT2D eigenvalue weighted by Gasteiger charge is 2.06. The second kappa shape index (κ2) is 4.48. The Balaban J connectivity index is 2.30. The second-order valence-corrected chi connectivity index (χ2v) is 3.08. The maximum atomic E-state index is 11.8. The molecule has 1 aromatic carbocycles. The monoisotopic (exact) mass is 217 g/mol. The highest BCUT2D eigenvalue weighted by Crippen LogP contribution is 2.12. The predicted molar refractivity (Wildman–Crippen MR) is 56.0 cm³/mol. The Kier molecular flexibility index (Phi) is 2.86. The molecule has 0 unspecified atom stereocenters. The molecule has 4 nitrogen and oxygen atoms in total. The second-order valence-electron chi connectivity index (χ2n) is 3.08. The summed E-state index contributed by atoms with van der Waals surface area (Å²) in [6.07, 6.45) is 2.56. The van der Waals surface area contributed by atoms with Gasteiger partial charge in [0.05, 0.1) is 5.56 Å². The first-order chi connectivity index (χ1) is 7.81. The summed E-state index contributed by atoms with van der Waals surface area (Å²) in [6, 6.07) is 9.31. The largest absolute Gasteiger partial charge is 0.282 e. The van der Waals surface area contributed by atoms with Crippen LogP contribution >= 0.6 is 0 Å². The Morgan fingerprint density at radius 2 is 1.75 bits per heavy atom. The maximum absolute atomic E-state index is 11.8. The minimum atomic E-state index is -0.848. The van der Waals surface area contributed by atoms with Gasteiger partial charge in [-0.2, -0.15) is 5.54 Å². The quantitative estimate of drug-likeness (QED) is 0.780. The van der Waals surface area contributed by atoms with Crippen LogP contribution < -0.4 is 5.54 Å². The van der Waals surface area contributed by atoms with Gasteiger partial charge in [-0.25, -0.2) is 9.97 Å². The molecule has 0 atom stereocenters. The summed E-state index contributed by atoms with van der Waals surface area (Å²) in [4.78, 5) is 18.9. The van der Waals surface area contributed by atoms with E-state index in [1.807, 2.05) is 30.3 Å². The van der Waals surface area contributed by atoms with Crippen LogP contribution in [0.25, 0.3) is 11.4 Å². The zero-order valence-electron chi connectivity index (χ0n) is 8.22. The van der Waals surface area contributed by atoms with Crippen molar-refractivity contribution in [3.8, 4) is 11.4 Å². The molecular formula is C11H8FN3O. The molecule has 2 rings (SSSR count). The van der Waals surface area contributed by atoms with Crippen LogP contribution in [0.3, 0.4) is 0 Å². The highest BCUT2D eigenvalue weighted by molar-refractivity contribution is 5.92. The van der Waals surface area contributed by atoms with Gasteiger partial charge in [-0.1, -0.05) is 34.8 Å². The molecule has 0 saturated carbocycles. The third kappa shape index (κ3) is 2.03. The molecule has 1 aromatic heterocycles. The lowest BCUT2D eigenvalue weighted by atomic mass is 10.2. The van der Waals surface area contributed by atoms with E-state index in [0.717, 1.165) is 11.1 Å². The third-order valence-electron chi connectivity index (χ3n) is 2.03. The number of benzene rings is 1. The Hall–Kier alpha value is -2.30. The van der Waals surface area contributed by atoms with Crippen LogP contribution in [0.5, 0.6) is 0 Å². The average Bonchev–Trinajstić information content (AvgIpc) is 2.39. The fourth-order valence-electron chi connectivity index (χ4n) is 1.24. The van der Waals surface area contributed by atoms with Crippen LogP contribution in [0.15, 0.2) is 42.7 Å². The molecule has 5 heteroatoms. The first-order valence-corrected chi connectivity index (χ1v) is 4.59. The lowest BCUT2D eigenvalue weighted by Crippen LogP contribution is -2.14. The van der Waals surface area contributed by atoms with E-state index >= 15 is 0 Å². The number of rotatable bonds is 2. The summed E-state index contributed by atoms with van der Waals surface area (Å²) in [5.74, 6) is -0.351. The molecule has 0 aliphatic carbocycles. The van der Waals surface area contributed by atoms with Gasteiger partial charge < -0.3 is 0 Å². The normalized spacial score (nSPS) is 9.81. The van der Waals surface area contributed by atoms with Crippen LogP contribution in [0, 0.1) is 0 Å². The molecule has 0 radical (unpaired) electrons. The molecule has 0 aliphatic heterocycles. The summed E-state index contributed by atoms with van der Waals surface area (Å²) in [7, 11) is 0. The van der Waals surface area contributed by atoms with Crippen molar-refractivity contribution in [1.29, 1.82) is 0 Å². The van der Waals surface area contributed by atoms with Crippen molar-refractivity contribution in [3.05, 3.63) is 48.3 Å². The number of nitrogens with one attached hydrogen (secondary N) is 1. The molecule has 1 amide bonds. The van der Waals surface area contributed by atoms with E-state index in [9.17, 15) is 9.28 Å². The van der Waals surface area contributed by atoms with Gasteiger partial charge in [-0.05, 0) is 0 Å². The molecule has 1 N–H and O–H groups in total. The van der Waals surface area contributed by atoms with Gasteiger partial charge in [0.25, 0.3) is 5.91 Å². The predicted octanol–water partition coefficient (Wildman–Crippen LogP) is 1.76. The van der Waals surface area contributed by atoms with Gasteiger partial charge in [0.15, 0.2) is 5.82 Å². The van der Waals surface area contributed by atoms with Crippen molar-refractivity contribution in [2.75, 3.05) is 0 Å². The summed E-state index contributed by atoms with van der Waals surface area (Å²) in [6.45, 7) is 0. The van der Waals surface area contributed by atoms with Crippen molar-refractivity contribution in [3.63, 3.8) is 0 Å². The van der Waals surface area contributed by atoms with E-state index in [4.69, 9.17) is 0 Å². The number of halogens is 1. The van der Waals surface area contributed by atoms with E-state index < -0.39 is 5.91 Å². The molecule has 16 heavy (non-hydrogen) atoms. The first kappa shape index (κ1) is 10.2. The molecule has 0 fully saturated rings. The van der Waals surface area contributed by atoms with Gasteiger partial charge >= 0.3 is 0 Å². The molecule has 1 heterocycles. The Labute approximate surface area is 91.1 Å². The molecule has 0 saturated heterocycles. The van der Waals surface area contributed by atoms with E-state index in [1.165, 1.54) is 12.4 Å². The molecule has 2 aromatic rings. The summed E-state index contributed by atoms with van der Waals surface area (Å²) < 4.78 is 11.8.